The van der Waals surface area contributed by atoms with Crippen molar-refractivity contribution in [3.05, 3.63) is 48.3 Å². The summed E-state index contributed by atoms with van der Waals surface area (Å²) < 4.78 is 10.8. The fourth-order valence-corrected chi connectivity index (χ4v) is 2.04. The summed E-state index contributed by atoms with van der Waals surface area (Å²) in [7, 11) is 2.02. The number of hydrogen-bond acceptors (Lipinski definition) is 3. The molecular formula is C17H26IN3O2. The minimum absolute atomic E-state index is 0. The average Bonchev–Trinajstić information content (AvgIpc) is 3.19. The van der Waals surface area contributed by atoms with Crippen LogP contribution in [0.15, 0.2) is 50.6 Å². The van der Waals surface area contributed by atoms with E-state index < -0.39 is 0 Å². The van der Waals surface area contributed by atoms with Crippen LogP contribution in [0.3, 0.4) is 0 Å². The average molecular weight is 431 g/mol. The van der Waals surface area contributed by atoms with Crippen molar-refractivity contribution < 1.29 is 8.83 Å². The van der Waals surface area contributed by atoms with E-state index in [0.717, 1.165) is 30.3 Å². The summed E-state index contributed by atoms with van der Waals surface area (Å²) in [5, 5.41) is 3.46. The van der Waals surface area contributed by atoms with E-state index in [1.165, 1.54) is 0 Å². The molecule has 0 saturated heterocycles. The quantitative estimate of drug-likeness (QED) is 0.411. The minimum atomic E-state index is 0. The molecule has 128 valence electrons. The molecule has 1 atom stereocenters. The molecule has 0 radical (unpaired) electrons. The molecule has 5 nitrogen and oxygen atoms in total. The molecule has 6 heteroatoms. The zero-order chi connectivity index (χ0) is 15.8. The number of nitrogens with zero attached hydrogens (tertiary/aromatic N) is 2. The van der Waals surface area contributed by atoms with Gasteiger partial charge in [-0.05, 0) is 37.6 Å². The zero-order valence-electron chi connectivity index (χ0n) is 14.0. The summed E-state index contributed by atoms with van der Waals surface area (Å²) >= 11 is 0. The van der Waals surface area contributed by atoms with Gasteiger partial charge in [-0.2, -0.15) is 0 Å². The van der Waals surface area contributed by atoms with Crippen LogP contribution in [0.5, 0.6) is 0 Å². The second-order valence-electron chi connectivity index (χ2n) is 5.42. The second-order valence-corrected chi connectivity index (χ2v) is 5.42. The highest BCUT2D eigenvalue weighted by Gasteiger charge is 2.11. The van der Waals surface area contributed by atoms with E-state index in [1.807, 2.05) is 31.3 Å². The molecule has 0 fully saturated rings. The molecular weight excluding hydrogens is 405 g/mol. The third-order valence-corrected chi connectivity index (χ3v) is 3.52. The van der Waals surface area contributed by atoms with Gasteiger partial charge >= 0.3 is 0 Å². The lowest BCUT2D eigenvalue weighted by Crippen LogP contribution is -2.43. The van der Waals surface area contributed by atoms with Gasteiger partial charge in [-0.25, -0.2) is 0 Å². The Kier molecular flexibility index (Phi) is 8.83. The first-order valence-corrected chi connectivity index (χ1v) is 7.76. The topological polar surface area (TPSA) is 53.9 Å². The van der Waals surface area contributed by atoms with Gasteiger partial charge in [-0.1, -0.05) is 6.92 Å². The van der Waals surface area contributed by atoms with Gasteiger partial charge in [0, 0.05) is 26.1 Å². The fourth-order valence-electron chi connectivity index (χ4n) is 2.04. The number of guanidine groups is 1. The van der Waals surface area contributed by atoms with Crippen molar-refractivity contribution >= 4 is 29.9 Å². The summed E-state index contributed by atoms with van der Waals surface area (Å²) in [6, 6.07) is 8.13. The second kappa shape index (κ2) is 10.4. The van der Waals surface area contributed by atoms with Gasteiger partial charge in [0.15, 0.2) is 5.96 Å². The molecule has 0 aliphatic rings. The van der Waals surface area contributed by atoms with Gasteiger partial charge < -0.3 is 19.1 Å². The van der Waals surface area contributed by atoms with Crippen molar-refractivity contribution in [3.8, 4) is 0 Å². The highest BCUT2D eigenvalue weighted by Crippen LogP contribution is 2.06. The standard InChI is InChI=1S/C17H25N3O2.HI/c1-4-14(2)19-17(18-10-9-15-7-5-11-21-15)20(3)13-16-8-6-12-22-16;/h5-8,11-12,14H,4,9-10,13H2,1-3H3,(H,18,19);1H. The maximum atomic E-state index is 5.41. The molecule has 2 rings (SSSR count). The van der Waals surface area contributed by atoms with Crippen LogP contribution < -0.4 is 5.32 Å². The molecule has 0 saturated carbocycles. The van der Waals surface area contributed by atoms with Crippen LogP contribution >= 0.6 is 24.0 Å². The Balaban J connectivity index is 0.00000264. The Hall–Kier alpha value is -1.44. The normalized spacial score (nSPS) is 12.6. The molecule has 0 amide bonds. The predicted octanol–water partition coefficient (Wildman–Crippen LogP) is 3.91. The predicted molar refractivity (Wildman–Crippen MR) is 103 cm³/mol. The van der Waals surface area contributed by atoms with Crippen LogP contribution in [0.25, 0.3) is 0 Å². The van der Waals surface area contributed by atoms with Gasteiger partial charge in [0.1, 0.15) is 11.5 Å². The van der Waals surface area contributed by atoms with E-state index in [1.54, 1.807) is 12.5 Å². The first-order valence-electron chi connectivity index (χ1n) is 7.76. The van der Waals surface area contributed by atoms with Crippen LogP contribution in [0.4, 0.5) is 0 Å². The third kappa shape index (κ3) is 6.68. The van der Waals surface area contributed by atoms with Gasteiger partial charge in [0.2, 0.25) is 0 Å². The lowest BCUT2D eigenvalue weighted by atomic mass is 10.3. The lowest BCUT2D eigenvalue weighted by molar-refractivity contribution is 0.393. The molecule has 0 aliphatic heterocycles. The number of aliphatic imine (C=N–C) groups is 1. The minimum Gasteiger partial charge on any atom is -0.469 e. The van der Waals surface area contributed by atoms with Crippen LogP contribution in [0.2, 0.25) is 0 Å². The number of halogens is 1. The molecule has 23 heavy (non-hydrogen) atoms. The maximum Gasteiger partial charge on any atom is 0.194 e. The Morgan fingerprint density at radius 2 is 1.87 bits per heavy atom. The van der Waals surface area contributed by atoms with E-state index in [-0.39, 0.29) is 24.0 Å². The number of rotatable bonds is 7. The lowest BCUT2D eigenvalue weighted by Gasteiger charge is -2.24. The first kappa shape index (κ1) is 19.6. The van der Waals surface area contributed by atoms with Crippen molar-refractivity contribution in [1.29, 1.82) is 0 Å². The van der Waals surface area contributed by atoms with E-state index in [4.69, 9.17) is 13.8 Å². The summed E-state index contributed by atoms with van der Waals surface area (Å²) in [4.78, 5) is 6.77. The Labute approximate surface area is 155 Å². The molecule has 0 spiro atoms. The van der Waals surface area contributed by atoms with Gasteiger partial charge in [-0.15, -0.1) is 24.0 Å². The van der Waals surface area contributed by atoms with E-state index >= 15 is 0 Å². The monoisotopic (exact) mass is 431 g/mol. The molecule has 0 bridgehead atoms. The van der Waals surface area contributed by atoms with Crippen molar-refractivity contribution in [2.45, 2.75) is 39.3 Å². The number of hydrogen-bond donors (Lipinski definition) is 1. The molecule has 2 aromatic rings. The Morgan fingerprint density at radius 3 is 2.43 bits per heavy atom. The largest absolute Gasteiger partial charge is 0.469 e. The molecule has 1 N–H and O–H groups in total. The summed E-state index contributed by atoms with van der Waals surface area (Å²) in [6.45, 7) is 5.69. The molecule has 0 aromatic carbocycles. The Morgan fingerprint density at radius 1 is 1.22 bits per heavy atom. The van der Waals surface area contributed by atoms with Gasteiger partial charge in [0.05, 0.1) is 19.1 Å². The van der Waals surface area contributed by atoms with Crippen LogP contribution in [0.1, 0.15) is 31.8 Å². The number of furan rings is 2. The van der Waals surface area contributed by atoms with Gasteiger partial charge in [-0.3, -0.25) is 4.99 Å². The summed E-state index contributed by atoms with van der Waals surface area (Å²) in [5.41, 5.74) is 0. The maximum absolute atomic E-state index is 5.41. The molecule has 1 unspecified atom stereocenters. The van der Waals surface area contributed by atoms with Crippen LogP contribution in [0, 0.1) is 0 Å². The van der Waals surface area contributed by atoms with Crippen molar-refractivity contribution in [3.63, 3.8) is 0 Å². The van der Waals surface area contributed by atoms with E-state index in [9.17, 15) is 0 Å². The summed E-state index contributed by atoms with van der Waals surface area (Å²) in [6.07, 6.45) is 5.23. The highest BCUT2D eigenvalue weighted by molar-refractivity contribution is 14.0. The van der Waals surface area contributed by atoms with Gasteiger partial charge in [0.25, 0.3) is 0 Å². The van der Waals surface area contributed by atoms with Crippen molar-refractivity contribution in [2.24, 2.45) is 4.99 Å². The summed E-state index contributed by atoms with van der Waals surface area (Å²) in [5.74, 6) is 2.77. The smallest absolute Gasteiger partial charge is 0.194 e. The SMILES string of the molecule is CCC(C)NC(=NCCc1ccco1)N(C)Cc1ccco1.I. The third-order valence-electron chi connectivity index (χ3n) is 3.52. The van der Waals surface area contributed by atoms with Crippen molar-refractivity contribution in [1.82, 2.24) is 10.2 Å². The Bertz CT molecular complexity index is 552. The molecule has 0 aliphatic carbocycles. The van der Waals surface area contributed by atoms with E-state index in [0.29, 0.717) is 19.1 Å². The zero-order valence-corrected chi connectivity index (χ0v) is 16.3. The first-order chi connectivity index (χ1) is 10.7. The highest BCUT2D eigenvalue weighted by atomic mass is 127. The molecule has 2 heterocycles. The fraction of sp³-hybridized carbons (Fsp3) is 0.471. The molecule has 2 aromatic heterocycles. The number of nitrogens with one attached hydrogen (secondary N) is 1. The van der Waals surface area contributed by atoms with E-state index in [2.05, 4.69) is 24.1 Å². The van der Waals surface area contributed by atoms with Crippen molar-refractivity contribution in [2.75, 3.05) is 13.6 Å². The van der Waals surface area contributed by atoms with Crippen LogP contribution in [-0.2, 0) is 13.0 Å². The van der Waals surface area contributed by atoms with Crippen LogP contribution in [-0.4, -0.2) is 30.5 Å².